The lowest BCUT2D eigenvalue weighted by Gasteiger charge is -2.15. The van der Waals surface area contributed by atoms with Gasteiger partial charge in [0, 0.05) is 5.56 Å². The average Bonchev–Trinajstić information content (AvgIpc) is 2.84. The molecule has 1 aromatic heterocycles. The topological polar surface area (TPSA) is 65.7 Å². The van der Waals surface area contributed by atoms with Crippen LogP contribution >= 0.6 is 0 Å². The van der Waals surface area contributed by atoms with E-state index in [0.717, 1.165) is 16.8 Å². The van der Waals surface area contributed by atoms with Crippen LogP contribution in [0.15, 0.2) is 76.6 Å². The van der Waals surface area contributed by atoms with Crippen molar-refractivity contribution in [2.75, 3.05) is 6.61 Å². The molecule has 0 unspecified atom stereocenters. The van der Waals surface area contributed by atoms with E-state index in [2.05, 4.69) is 10.1 Å². The third-order valence-corrected chi connectivity index (χ3v) is 5.15. The molecule has 0 spiro atoms. The van der Waals surface area contributed by atoms with Crippen molar-refractivity contribution in [3.05, 3.63) is 88.2 Å². The Kier molecular flexibility index (Phi) is 7.10. The average molecular weight is 496 g/mol. The standard InChI is InChI=1S/C27H24F3N3O3/c1-4-35-24-14-18(12-13-23(24)36-17(2)3)16-31-33-25(19-8-7-9-20(15-19)27(28,29)30)32-22-11-6-5-10-21(22)26(33)34/h5-17H,4H2,1-3H3. The van der Waals surface area contributed by atoms with E-state index in [1.54, 1.807) is 42.5 Å². The second kappa shape index (κ2) is 10.2. The molecule has 4 rings (SSSR count). The van der Waals surface area contributed by atoms with Crippen molar-refractivity contribution in [3.8, 4) is 22.9 Å². The van der Waals surface area contributed by atoms with E-state index < -0.39 is 17.3 Å². The number of fused-ring (bicyclic) bond motifs is 1. The van der Waals surface area contributed by atoms with E-state index >= 15 is 0 Å². The highest BCUT2D eigenvalue weighted by Gasteiger charge is 2.31. The summed E-state index contributed by atoms with van der Waals surface area (Å²) in [5.41, 5.74) is -0.283. The molecule has 0 aliphatic carbocycles. The monoisotopic (exact) mass is 495 g/mol. The summed E-state index contributed by atoms with van der Waals surface area (Å²) in [6.07, 6.45) is -3.17. The molecule has 0 amide bonds. The van der Waals surface area contributed by atoms with Gasteiger partial charge in [-0.05, 0) is 68.8 Å². The molecule has 0 aliphatic heterocycles. The normalized spacial score (nSPS) is 12.0. The molecule has 0 fully saturated rings. The van der Waals surface area contributed by atoms with Gasteiger partial charge < -0.3 is 9.47 Å². The lowest BCUT2D eigenvalue weighted by molar-refractivity contribution is -0.137. The molecule has 0 saturated heterocycles. The van der Waals surface area contributed by atoms with Crippen molar-refractivity contribution in [1.82, 2.24) is 9.66 Å². The molecule has 0 radical (unpaired) electrons. The van der Waals surface area contributed by atoms with Gasteiger partial charge in [0.1, 0.15) is 0 Å². The van der Waals surface area contributed by atoms with Crippen LogP contribution in [0.4, 0.5) is 13.2 Å². The Morgan fingerprint density at radius 3 is 2.53 bits per heavy atom. The van der Waals surface area contributed by atoms with E-state index in [4.69, 9.17) is 9.47 Å². The highest BCUT2D eigenvalue weighted by Crippen LogP contribution is 2.32. The van der Waals surface area contributed by atoms with Gasteiger partial charge in [-0.25, -0.2) is 4.98 Å². The first kappa shape index (κ1) is 25.0. The second-order valence-electron chi connectivity index (χ2n) is 8.20. The van der Waals surface area contributed by atoms with Crippen LogP contribution in [0.3, 0.4) is 0 Å². The Balaban J connectivity index is 1.85. The molecular weight excluding hydrogens is 471 g/mol. The maximum Gasteiger partial charge on any atom is 0.416 e. The number of benzene rings is 3. The Labute approximate surface area is 205 Å². The maximum absolute atomic E-state index is 13.4. The molecule has 0 bridgehead atoms. The molecule has 1 heterocycles. The zero-order valence-electron chi connectivity index (χ0n) is 19.9. The van der Waals surface area contributed by atoms with E-state index in [1.807, 2.05) is 20.8 Å². The molecule has 0 aliphatic rings. The molecule has 0 atom stereocenters. The van der Waals surface area contributed by atoms with Crippen LogP contribution in [0, 0.1) is 0 Å². The molecule has 186 valence electrons. The second-order valence-corrected chi connectivity index (χ2v) is 8.20. The summed E-state index contributed by atoms with van der Waals surface area (Å²) in [4.78, 5) is 17.8. The van der Waals surface area contributed by atoms with E-state index in [9.17, 15) is 18.0 Å². The first-order chi connectivity index (χ1) is 17.2. The summed E-state index contributed by atoms with van der Waals surface area (Å²) >= 11 is 0. The molecule has 0 saturated carbocycles. The molecule has 6 nitrogen and oxygen atoms in total. The molecule has 4 aromatic rings. The zero-order chi connectivity index (χ0) is 25.9. The Hall–Kier alpha value is -4.14. The summed E-state index contributed by atoms with van der Waals surface area (Å²) in [6, 6.07) is 16.5. The Bertz CT molecular complexity index is 1480. The van der Waals surface area contributed by atoms with Crippen molar-refractivity contribution in [1.29, 1.82) is 0 Å². The lowest BCUT2D eigenvalue weighted by Crippen LogP contribution is -2.20. The van der Waals surface area contributed by atoms with Gasteiger partial charge in [0.05, 0.1) is 35.4 Å². The summed E-state index contributed by atoms with van der Waals surface area (Å²) in [5.74, 6) is 1.07. The number of hydrogen-bond donors (Lipinski definition) is 0. The van der Waals surface area contributed by atoms with E-state index in [-0.39, 0.29) is 17.5 Å². The SMILES string of the molecule is CCOc1cc(C=Nn2c(-c3cccc(C(F)(F)F)c3)nc3ccccc3c2=O)ccc1OC(C)C. The molecule has 3 aromatic carbocycles. The summed E-state index contributed by atoms with van der Waals surface area (Å²) in [5, 5.41) is 4.62. The molecular formula is C27H24F3N3O3. The van der Waals surface area contributed by atoms with E-state index in [0.29, 0.717) is 34.6 Å². The van der Waals surface area contributed by atoms with Gasteiger partial charge in [0.25, 0.3) is 5.56 Å². The number of alkyl halides is 3. The Morgan fingerprint density at radius 2 is 1.81 bits per heavy atom. The van der Waals surface area contributed by atoms with Crippen molar-refractivity contribution >= 4 is 17.1 Å². The maximum atomic E-state index is 13.4. The quantitative estimate of drug-likeness (QED) is 0.289. The van der Waals surface area contributed by atoms with Crippen molar-refractivity contribution in [3.63, 3.8) is 0 Å². The fraction of sp³-hybridized carbons (Fsp3) is 0.222. The van der Waals surface area contributed by atoms with Crippen LogP contribution in [0.2, 0.25) is 0 Å². The highest BCUT2D eigenvalue weighted by atomic mass is 19.4. The van der Waals surface area contributed by atoms with Crippen LogP contribution in [-0.4, -0.2) is 28.6 Å². The van der Waals surface area contributed by atoms with Crippen molar-refractivity contribution in [2.45, 2.75) is 33.1 Å². The smallest absolute Gasteiger partial charge is 0.416 e. The van der Waals surface area contributed by atoms with Crippen molar-refractivity contribution in [2.24, 2.45) is 5.10 Å². The van der Waals surface area contributed by atoms with Crippen LogP contribution in [0.25, 0.3) is 22.3 Å². The van der Waals surface area contributed by atoms with Crippen molar-refractivity contribution < 1.29 is 22.6 Å². The number of nitrogens with zero attached hydrogens (tertiary/aromatic N) is 3. The third-order valence-electron chi connectivity index (χ3n) is 5.15. The summed E-state index contributed by atoms with van der Waals surface area (Å²) in [6.45, 7) is 6.07. The zero-order valence-corrected chi connectivity index (χ0v) is 19.9. The fourth-order valence-electron chi connectivity index (χ4n) is 3.60. The first-order valence-corrected chi connectivity index (χ1v) is 11.3. The fourth-order valence-corrected chi connectivity index (χ4v) is 3.60. The molecule has 0 N–H and O–H groups in total. The van der Waals surface area contributed by atoms with Gasteiger partial charge >= 0.3 is 6.18 Å². The minimum atomic E-state index is -4.54. The van der Waals surface area contributed by atoms with Gasteiger partial charge in [-0.15, -0.1) is 0 Å². The Morgan fingerprint density at radius 1 is 1.03 bits per heavy atom. The van der Waals surface area contributed by atoms with Gasteiger partial charge in [-0.3, -0.25) is 4.79 Å². The minimum absolute atomic E-state index is 0.00848. The van der Waals surface area contributed by atoms with Crippen LogP contribution in [-0.2, 0) is 6.18 Å². The number of halogens is 3. The van der Waals surface area contributed by atoms with Crippen LogP contribution in [0.1, 0.15) is 31.9 Å². The summed E-state index contributed by atoms with van der Waals surface area (Å²) < 4.78 is 52.5. The number of hydrogen-bond acceptors (Lipinski definition) is 5. The van der Waals surface area contributed by atoms with Crippen LogP contribution < -0.4 is 15.0 Å². The third kappa shape index (κ3) is 5.40. The first-order valence-electron chi connectivity index (χ1n) is 11.3. The number of aromatic nitrogens is 2. The van der Waals surface area contributed by atoms with Crippen LogP contribution in [0.5, 0.6) is 11.5 Å². The summed E-state index contributed by atoms with van der Waals surface area (Å²) in [7, 11) is 0. The number of ether oxygens (including phenoxy) is 2. The van der Waals surface area contributed by atoms with Gasteiger partial charge in [-0.1, -0.05) is 24.3 Å². The molecule has 9 heteroatoms. The van der Waals surface area contributed by atoms with Gasteiger partial charge in [0.15, 0.2) is 17.3 Å². The predicted molar refractivity (Wildman–Crippen MR) is 133 cm³/mol. The largest absolute Gasteiger partial charge is 0.490 e. The van der Waals surface area contributed by atoms with Gasteiger partial charge in [0.2, 0.25) is 0 Å². The predicted octanol–water partition coefficient (Wildman–Crippen LogP) is 6.15. The minimum Gasteiger partial charge on any atom is -0.490 e. The number of para-hydroxylation sites is 1. The highest BCUT2D eigenvalue weighted by molar-refractivity contribution is 5.82. The lowest BCUT2D eigenvalue weighted by atomic mass is 10.1. The van der Waals surface area contributed by atoms with E-state index in [1.165, 1.54) is 18.3 Å². The number of rotatable bonds is 7. The van der Waals surface area contributed by atoms with Gasteiger partial charge in [-0.2, -0.15) is 22.9 Å². The molecule has 36 heavy (non-hydrogen) atoms.